The topological polar surface area (TPSA) is 84.9 Å². The second kappa shape index (κ2) is 11.7. The molecule has 1 aliphatic carbocycles. The largest absolute Gasteiger partial charge is 0.490 e. The highest BCUT2D eigenvalue weighted by molar-refractivity contribution is 9.10. The van der Waals surface area contributed by atoms with Crippen LogP contribution in [0.4, 0.5) is 4.79 Å². The number of carbonyl (C=O) groups is 3. The van der Waals surface area contributed by atoms with Crippen molar-refractivity contribution in [2.75, 3.05) is 6.61 Å². The quantitative estimate of drug-likeness (QED) is 0.291. The Labute approximate surface area is 227 Å². The molecule has 4 rings (SSSR count). The first-order valence-electron chi connectivity index (χ1n) is 11.7. The number of hydrogen-bond donors (Lipinski definition) is 1. The molecule has 0 radical (unpaired) electrons. The summed E-state index contributed by atoms with van der Waals surface area (Å²) in [6.45, 7) is 2.43. The predicted octanol–water partition coefficient (Wildman–Crippen LogP) is 6.53. The van der Waals surface area contributed by atoms with E-state index in [1.807, 2.05) is 13.0 Å². The predicted molar refractivity (Wildman–Crippen MR) is 141 cm³/mol. The van der Waals surface area contributed by atoms with Crippen molar-refractivity contribution in [3.05, 3.63) is 61.5 Å². The maximum Gasteiger partial charge on any atom is 0.331 e. The molecule has 10 heteroatoms. The van der Waals surface area contributed by atoms with Crippen LogP contribution in [0.3, 0.4) is 0 Å². The summed E-state index contributed by atoms with van der Waals surface area (Å²) in [6.07, 6.45) is 5.93. The lowest BCUT2D eigenvalue weighted by Crippen LogP contribution is -2.58. The molecule has 1 saturated heterocycles. The highest BCUT2D eigenvalue weighted by atomic mass is 79.9. The average molecular weight is 596 g/mol. The molecule has 4 amide bonds. The molecule has 36 heavy (non-hydrogen) atoms. The number of nitrogens with one attached hydrogen (secondary N) is 1. The molecule has 1 heterocycles. The number of barbiturate groups is 1. The standard InChI is InChI=1S/C26H25BrCl2N2O5/c1-2-35-22-13-16(11-19(27)23(22)36-14-15-8-9-20(28)21(29)12-15)10-18-24(32)30-26(34)31(25(18)33)17-6-4-3-5-7-17/h8-13,17H,2-7,14H2,1H3,(H,30,32,34). The molecule has 2 fully saturated rings. The maximum absolute atomic E-state index is 13.2. The van der Waals surface area contributed by atoms with Gasteiger partial charge in [-0.3, -0.25) is 19.8 Å². The fourth-order valence-corrected chi connectivity index (χ4v) is 5.26. The molecule has 2 aliphatic rings. The second-order valence-electron chi connectivity index (χ2n) is 8.58. The third kappa shape index (κ3) is 5.88. The van der Waals surface area contributed by atoms with E-state index >= 15 is 0 Å². The van der Waals surface area contributed by atoms with Crippen molar-refractivity contribution < 1.29 is 23.9 Å². The Hall–Kier alpha value is -2.55. The van der Waals surface area contributed by atoms with Gasteiger partial charge in [-0.1, -0.05) is 48.5 Å². The molecular formula is C26H25BrCl2N2O5. The van der Waals surface area contributed by atoms with Crippen molar-refractivity contribution in [3.8, 4) is 11.5 Å². The lowest BCUT2D eigenvalue weighted by molar-refractivity contribution is -0.132. The molecule has 0 aromatic heterocycles. The summed E-state index contributed by atoms with van der Waals surface area (Å²) >= 11 is 15.6. The summed E-state index contributed by atoms with van der Waals surface area (Å²) in [5, 5.41) is 3.20. The van der Waals surface area contributed by atoms with E-state index in [2.05, 4.69) is 21.2 Å². The number of rotatable bonds is 7. The number of benzene rings is 2. The summed E-state index contributed by atoms with van der Waals surface area (Å²) in [5.41, 5.74) is 1.27. The molecule has 2 aromatic carbocycles. The fraction of sp³-hybridized carbons (Fsp3) is 0.346. The minimum absolute atomic E-state index is 0.0982. The van der Waals surface area contributed by atoms with Gasteiger partial charge in [-0.05, 0) is 77.2 Å². The van der Waals surface area contributed by atoms with Crippen molar-refractivity contribution in [1.82, 2.24) is 10.2 Å². The number of ether oxygens (including phenoxy) is 2. The van der Waals surface area contributed by atoms with Crippen molar-refractivity contribution >= 4 is 63.1 Å². The zero-order chi connectivity index (χ0) is 25.8. The van der Waals surface area contributed by atoms with Gasteiger partial charge in [0.1, 0.15) is 12.2 Å². The van der Waals surface area contributed by atoms with E-state index in [-0.39, 0.29) is 18.2 Å². The number of amides is 4. The number of urea groups is 1. The average Bonchev–Trinajstić information content (AvgIpc) is 2.84. The van der Waals surface area contributed by atoms with Gasteiger partial charge in [0.2, 0.25) is 0 Å². The van der Waals surface area contributed by atoms with Gasteiger partial charge in [0.15, 0.2) is 11.5 Å². The Morgan fingerprint density at radius 2 is 1.81 bits per heavy atom. The number of carbonyl (C=O) groups excluding carboxylic acids is 3. The molecule has 190 valence electrons. The molecule has 0 unspecified atom stereocenters. The fourth-order valence-electron chi connectivity index (χ4n) is 4.37. The zero-order valence-corrected chi connectivity index (χ0v) is 22.7. The normalized spacial score (nSPS) is 17.9. The van der Waals surface area contributed by atoms with E-state index in [1.165, 1.54) is 11.0 Å². The van der Waals surface area contributed by atoms with Gasteiger partial charge in [-0.2, -0.15) is 0 Å². The van der Waals surface area contributed by atoms with Crippen LogP contribution in [0.1, 0.15) is 50.2 Å². The van der Waals surface area contributed by atoms with Crippen LogP contribution in [0.15, 0.2) is 40.4 Å². The van der Waals surface area contributed by atoms with Gasteiger partial charge in [-0.25, -0.2) is 4.79 Å². The van der Waals surface area contributed by atoms with Crippen LogP contribution in [0.2, 0.25) is 10.0 Å². The van der Waals surface area contributed by atoms with Crippen LogP contribution in [0.25, 0.3) is 6.08 Å². The van der Waals surface area contributed by atoms with Gasteiger partial charge >= 0.3 is 6.03 Å². The first-order valence-corrected chi connectivity index (χ1v) is 13.3. The summed E-state index contributed by atoms with van der Waals surface area (Å²) in [7, 11) is 0. The van der Waals surface area contributed by atoms with Crippen molar-refractivity contribution in [1.29, 1.82) is 0 Å². The molecule has 0 spiro atoms. The highest BCUT2D eigenvalue weighted by Crippen LogP contribution is 2.38. The highest BCUT2D eigenvalue weighted by Gasteiger charge is 2.40. The molecule has 1 N–H and O–H groups in total. The third-order valence-corrected chi connectivity index (χ3v) is 7.41. The Morgan fingerprint density at radius 1 is 1.06 bits per heavy atom. The maximum atomic E-state index is 13.2. The van der Waals surface area contributed by atoms with Gasteiger partial charge in [0.25, 0.3) is 11.8 Å². The third-order valence-electron chi connectivity index (χ3n) is 6.08. The zero-order valence-electron chi connectivity index (χ0n) is 19.6. The van der Waals surface area contributed by atoms with Crippen molar-refractivity contribution in [2.24, 2.45) is 0 Å². The van der Waals surface area contributed by atoms with Crippen LogP contribution < -0.4 is 14.8 Å². The van der Waals surface area contributed by atoms with Crippen molar-refractivity contribution in [3.63, 3.8) is 0 Å². The number of hydrogen-bond acceptors (Lipinski definition) is 5. The molecule has 1 aliphatic heterocycles. The first kappa shape index (κ1) is 26.5. The summed E-state index contributed by atoms with van der Waals surface area (Å²) in [5.74, 6) is -0.401. The van der Waals surface area contributed by atoms with Gasteiger partial charge in [0, 0.05) is 6.04 Å². The van der Waals surface area contributed by atoms with Crippen LogP contribution in [0.5, 0.6) is 11.5 Å². The molecule has 2 aromatic rings. The Kier molecular flexibility index (Phi) is 8.59. The number of halogens is 3. The molecule has 1 saturated carbocycles. The molecular weight excluding hydrogens is 571 g/mol. The molecule has 0 bridgehead atoms. The Morgan fingerprint density at radius 3 is 2.50 bits per heavy atom. The van der Waals surface area contributed by atoms with Crippen LogP contribution in [0, 0.1) is 0 Å². The Bertz CT molecular complexity index is 1230. The van der Waals surface area contributed by atoms with Crippen LogP contribution in [-0.4, -0.2) is 35.4 Å². The number of nitrogens with zero attached hydrogens (tertiary/aromatic N) is 1. The SMILES string of the molecule is CCOc1cc(C=C2C(=O)NC(=O)N(C3CCCCC3)C2=O)cc(Br)c1OCc1ccc(Cl)c(Cl)c1. The van der Waals surface area contributed by atoms with Crippen LogP contribution in [-0.2, 0) is 16.2 Å². The van der Waals surface area contributed by atoms with E-state index in [0.29, 0.717) is 38.2 Å². The summed E-state index contributed by atoms with van der Waals surface area (Å²) in [4.78, 5) is 39.5. The van der Waals surface area contributed by atoms with Gasteiger partial charge < -0.3 is 9.47 Å². The molecule has 0 atom stereocenters. The van der Waals surface area contributed by atoms with E-state index in [4.69, 9.17) is 32.7 Å². The van der Waals surface area contributed by atoms with E-state index < -0.39 is 17.8 Å². The smallest absolute Gasteiger partial charge is 0.331 e. The van der Waals surface area contributed by atoms with E-state index in [9.17, 15) is 14.4 Å². The van der Waals surface area contributed by atoms with Gasteiger partial charge in [0.05, 0.1) is 21.1 Å². The minimum Gasteiger partial charge on any atom is -0.490 e. The van der Waals surface area contributed by atoms with Crippen LogP contribution >= 0.6 is 39.1 Å². The van der Waals surface area contributed by atoms with Gasteiger partial charge in [-0.15, -0.1) is 0 Å². The lowest BCUT2D eigenvalue weighted by Gasteiger charge is -2.35. The summed E-state index contributed by atoms with van der Waals surface area (Å²) < 4.78 is 12.4. The van der Waals surface area contributed by atoms with E-state index in [0.717, 1.165) is 37.7 Å². The minimum atomic E-state index is -0.717. The first-order chi connectivity index (χ1) is 17.3. The monoisotopic (exact) mass is 594 g/mol. The summed E-state index contributed by atoms with van der Waals surface area (Å²) in [6, 6.07) is 7.79. The second-order valence-corrected chi connectivity index (χ2v) is 10.3. The number of imide groups is 2. The Balaban J connectivity index is 1.61. The van der Waals surface area contributed by atoms with Crippen molar-refractivity contribution in [2.45, 2.75) is 51.7 Å². The lowest BCUT2D eigenvalue weighted by atomic mass is 9.93. The molecule has 7 nitrogen and oxygen atoms in total. The van der Waals surface area contributed by atoms with E-state index in [1.54, 1.807) is 24.3 Å².